The highest BCUT2D eigenvalue weighted by Crippen LogP contribution is 2.37. The smallest absolute Gasteiger partial charge is 0.121 e. The van der Waals surface area contributed by atoms with Crippen molar-refractivity contribution >= 4 is 21.8 Å². The van der Waals surface area contributed by atoms with Gasteiger partial charge in [-0.1, -0.05) is 30.3 Å². The average Bonchev–Trinajstić information content (AvgIpc) is 3.04. The van der Waals surface area contributed by atoms with Crippen LogP contribution in [0.4, 0.5) is 0 Å². The van der Waals surface area contributed by atoms with Crippen molar-refractivity contribution in [2.45, 2.75) is 25.5 Å². The Morgan fingerprint density at radius 1 is 1.08 bits per heavy atom. The highest BCUT2D eigenvalue weighted by Gasteiger charge is 2.24. The number of nitrogens with zero attached hydrogens (tertiary/aromatic N) is 2. The van der Waals surface area contributed by atoms with E-state index in [9.17, 15) is 5.11 Å². The van der Waals surface area contributed by atoms with Crippen LogP contribution < -0.4 is 4.74 Å². The van der Waals surface area contributed by atoms with Crippen molar-refractivity contribution in [1.29, 1.82) is 0 Å². The molecule has 0 spiro atoms. The van der Waals surface area contributed by atoms with Gasteiger partial charge >= 0.3 is 0 Å². The number of methoxy groups -OCH3 is 1. The number of hydrogen-bond acceptors (Lipinski definition) is 3. The Balaban J connectivity index is 1.71. The summed E-state index contributed by atoms with van der Waals surface area (Å²) in [6, 6.07) is 16.0. The number of aliphatic hydroxyl groups is 1. The highest BCUT2D eigenvalue weighted by atomic mass is 16.5. The zero-order valence-corrected chi connectivity index (χ0v) is 14.6. The van der Waals surface area contributed by atoms with Crippen molar-refractivity contribution in [3.8, 4) is 5.75 Å². The molecule has 0 bridgehead atoms. The number of rotatable bonds is 3. The summed E-state index contributed by atoms with van der Waals surface area (Å²) in [6.07, 6.45) is 3.20. The molecular formula is C22H20N2O2. The summed E-state index contributed by atoms with van der Waals surface area (Å²) in [5.41, 5.74) is 5.26. The number of aliphatic hydroxyl groups excluding tert-OH is 1. The molecule has 0 saturated heterocycles. The molecule has 1 unspecified atom stereocenters. The van der Waals surface area contributed by atoms with Crippen LogP contribution in [-0.4, -0.2) is 21.8 Å². The van der Waals surface area contributed by atoms with Gasteiger partial charge < -0.3 is 14.4 Å². The van der Waals surface area contributed by atoms with E-state index >= 15 is 0 Å². The van der Waals surface area contributed by atoms with Crippen molar-refractivity contribution in [2.24, 2.45) is 0 Å². The molecule has 5 rings (SSSR count). The molecule has 0 fully saturated rings. The second-order valence-electron chi connectivity index (χ2n) is 6.83. The first kappa shape index (κ1) is 15.4. The second-order valence-corrected chi connectivity index (χ2v) is 6.83. The predicted molar refractivity (Wildman–Crippen MR) is 103 cm³/mol. The zero-order chi connectivity index (χ0) is 17.7. The number of benzene rings is 2. The summed E-state index contributed by atoms with van der Waals surface area (Å²) in [5.74, 6) is 0.783. The van der Waals surface area contributed by atoms with E-state index in [0.29, 0.717) is 0 Å². The fourth-order valence-corrected chi connectivity index (χ4v) is 4.19. The Labute approximate surface area is 151 Å². The van der Waals surface area contributed by atoms with E-state index in [1.807, 2.05) is 30.5 Å². The largest absolute Gasteiger partial charge is 0.497 e. The molecule has 4 heteroatoms. The van der Waals surface area contributed by atoms with Gasteiger partial charge in [0.25, 0.3) is 0 Å². The van der Waals surface area contributed by atoms with Crippen molar-refractivity contribution < 1.29 is 9.84 Å². The molecule has 4 aromatic rings. The predicted octanol–water partition coefficient (Wildman–Crippen LogP) is 4.23. The molecule has 0 amide bonds. The Morgan fingerprint density at radius 2 is 1.88 bits per heavy atom. The minimum atomic E-state index is -0.732. The van der Waals surface area contributed by atoms with Crippen molar-refractivity contribution in [3.63, 3.8) is 0 Å². The Kier molecular flexibility index (Phi) is 3.47. The normalized spacial score (nSPS) is 14.7. The number of aromatic nitrogens is 2. The number of fused-ring (bicyclic) bond motifs is 3. The maximum absolute atomic E-state index is 11.0. The van der Waals surface area contributed by atoms with Crippen LogP contribution in [0.5, 0.6) is 5.75 Å². The molecule has 26 heavy (non-hydrogen) atoms. The standard InChI is InChI=1S/C22H20N2O2/c1-26-15-10-8-14(9-11-15)22(25)20-17-6-4-12-24-19-7-3-2-5-16(19)18(13-23-20)21(17)24/h2-3,5,7-11,13,22,25H,4,6,12H2,1H3. The van der Waals surface area contributed by atoms with Gasteiger partial charge in [0.2, 0.25) is 0 Å². The number of aryl methyl sites for hydroxylation is 2. The van der Waals surface area contributed by atoms with Crippen LogP contribution in [0.3, 0.4) is 0 Å². The Morgan fingerprint density at radius 3 is 2.69 bits per heavy atom. The van der Waals surface area contributed by atoms with Crippen LogP contribution in [0.1, 0.15) is 29.3 Å². The lowest BCUT2D eigenvalue weighted by Gasteiger charge is -2.21. The molecule has 4 nitrogen and oxygen atoms in total. The molecule has 130 valence electrons. The fourth-order valence-electron chi connectivity index (χ4n) is 4.19. The number of para-hydroxylation sites is 1. The minimum Gasteiger partial charge on any atom is -0.497 e. The molecule has 3 heterocycles. The quantitative estimate of drug-likeness (QED) is 0.605. The lowest BCUT2D eigenvalue weighted by Crippen LogP contribution is -2.13. The molecule has 2 aromatic carbocycles. The van der Waals surface area contributed by atoms with E-state index in [0.717, 1.165) is 36.4 Å². The first-order valence-corrected chi connectivity index (χ1v) is 8.98. The molecule has 1 atom stereocenters. The molecular weight excluding hydrogens is 324 g/mol. The summed E-state index contributed by atoms with van der Waals surface area (Å²) in [5, 5.41) is 13.4. The second kappa shape index (κ2) is 5.85. The third-order valence-electron chi connectivity index (χ3n) is 5.44. The van der Waals surface area contributed by atoms with Crippen molar-refractivity contribution in [2.75, 3.05) is 7.11 Å². The van der Waals surface area contributed by atoms with Crippen LogP contribution in [0.2, 0.25) is 0 Å². The van der Waals surface area contributed by atoms with E-state index in [1.54, 1.807) is 7.11 Å². The third-order valence-corrected chi connectivity index (χ3v) is 5.44. The maximum Gasteiger partial charge on any atom is 0.121 e. The van der Waals surface area contributed by atoms with Crippen molar-refractivity contribution in [1.82, 2.24) is 9.55 Å². The van der Waals surface area contributed by atoms with Gasteiger partial charge in [-0.25, -0.2) is 0 Å². The average molecular weight is 344 g/mol. The maximum atomic E-state index is 11.0. The molecule has 0 aliphatic carbocycles. The lowest BCUT2D eigenvalue weighted by molar-refractivity contribution is 0.214. The van der Waals surface area contributed by atoms with Crippen LogP contribution >= 0.6 is 0 Å². The van der Waals surface area contributed by atoms with Crippen LogP contribution in [-0.2, 0) is 13.0 Å². The molecule has 1 N–H and O–H groups in total. The zero-order valence-electron chi connectivity index (χ0n) is 14.6. The van der Waals surface area contributed by atoms with E-state index in [2.05, 4.69) is 28.8 Å². The van der Waals surface area contributed by atoms with E-state index in [-0.39, 0.29) is 0 Å². The summed E-state index contributed by atoms with van der Waals surface area (Å²) < 4.78 is 7.60. The van der Waals surface area contributed by atoms with Crippen molar-refractivity contribution in [3.05, 3.63) is 71.5 Å². The number of ether oxygens (including phenoxy) is 1. The fraction of sp³-hybridized carbons (Fsp3) is 0.227. The lowest BCUT2D eigenvalue weighted by atomic mass is 9.96. The Bertz CT molecular complexity index is 1110. The first-order chi connectivity index (χ1) is 12.8. The van der Waals surface area contributed by atoms with Gasteiger partial charge in [0, 0.05) is 34.6 Å². The molecule has 1 aliphatic rings. The molecule has 2 aromatic heterocycles. The van der Waals surface area contributed by atoms with E-state index in [4.69, 9.17) is 9.72 Å². The topological polar surface area (TPSA) is 47.3 Å². The molecule has 1 aliphatic heterocycles. The van der Waals surface area contributed by atoms with Gasteiger partial charge in [-0.05, 0) is 36.6 Å². The highest BCUT2D eigenvalue weighted by molar-refractivity contribution is 6.09. The van der Waals surface area contributed by atoms with Crippen LogP contribution in [0.25, 0.3) is 21.8 Å². The minimum absolute atomic E-state index is 0.732. The SMILES string of the molecule is COc1ccc(C(O)c2ncc3c4ccccc4n4c3c2CCC4)cc1. The number of hydrogen-bond donors (Lipinski definition) is 1. The molecule has 0 saturated carbocycles. The summed E-state index contributed by atoms with van der Waals surface area (Å²) >= 11 is 0. The number of pyridine rings is 1. The first-order valence-electron chi connectivity index (χ1n) is 8.98. The van der Waals surface area contributed by atoms with Gasteiger partial charge in [-0.2, -0.15) is 0 Å². The summed E-state index contributed by atoms with van der Waals surface area (Å²) in [7, 11) is 1.64. The van der Waals surface area contributed by atoms with Crippen LogP contribution in [0.15, 0.2) is 54.7 Å². The van der Waals surface area contributed by atoms with Gasteiger partial charge in [0.15, 0.2) is 0 Å². The van der Waals surface area contributed by atoms with E-state index in [1.165, 1.54) is 27.4 Å². The van der Waals surface area contributed by atoms with Gasteiger partial charge in [0.05, 0.1) is 18.3 Å². The third kappa shape index (κ3) is 2.15. The van der Waals surface area contributed by atoms with Gasteiger partial charge in [-0.3, -0.25) is 4.98 Å². The Hall–Kier alpha value is -2.85. The van der Waals surface area contributed by atoms with Gasteiger partial charge in [0.1, 0.15) is 11.9 Å². The summed E-state index contributed by atoms with van der Waals surface area (Å²) in [6.45, 7) is 1.01. The van der Waals surface area contributed by atoms with Gasteiger partial charge in [-0.15, -0.1) is 0 Å². The summed E-state index contributed by atoms with van der Waals surface area (Å²) in [4.78, 5) is 4.70. The monoisotopic (exact) mass is 344 g/mol. The van der Waals surface area contributed by atoms with Crippen LogP contribution in [0, 0.1) is 0 Å². The molecule has 0 radical (unpaired) electrons. The van der Waals surface area contributed by atoms with E-state index < -0.39 is 6.10 Å².